The third-order valence-corrected chi connectivity index (χ3v) is 1.97. The minimum Gasteiger partial charge on any atom is -0.361 e. The first-order chi connectivity index (χ1) is 7.06. The number of hydrogen-bond acceptors (Lipinski definition) is 1. The summed E-state index contributed by atoms with van der Waals surface area (Å²) in [5.41, 5.74) is 0.527. The summed E-state index contributed by atoms with van der Waals surface area (Å²) >= 11 is 0. The molecule has 1 aromatic rings. The number of amides is 1. The van der Waals surface area contributed by atoms with E-state index in [1.54, 1.807) is 6.20 Å². The van der Waals surface area contributed by atoms with Crippen molar-refractivity contribution in [2.45, 2.75) is 19.9 Å². The molecule has 0 unspecified atom stereocenters. The van der Waals surface area contributed by atoms with Gasteiger partial charge in [-0.3, -0.25) is 4.79 Å². The van der Waals surface area contributed by atoms with Gasteiger partial charge in [0.2, 0.25) is 0 Å². The Morgan fingerprint density at radius 2 is 2.27 bits per heavy atom. The first-order valence-electron chi connectivity index (χ1n) is 4.86. The first kappa shape index (κ1) is 11.3. The van der Waals surface area contributed by atoms with Crippen molar-refractivity contribution < 1.29 is 4.79 Å². The number of H-pyrrole nitrogens is 1. The lowest BCUT2D eigenvalue weighted by molar-refractivity contribution is -0.116. The number of nitrogens with one attached hydrogen (secondary N) is 2. The largest absolute Gasteiger partial charge is 0.361 e. The molecule has 0 aliphatic rings. The normalized spacial score (nSPS) is 12.5. The van der Waals surface area contributed by atoms with Crippen molar-refractivity contribution in [1.29, 1.82) is 0 Å². The highest BCUT2D eigenvalue weighted by Gasteiger charge is 2.08. The number of aromatic nitrogens is 1. The van der Waals surface area contributed by atoms with E-state index in [1.165, 1.54) is 6.08 Å². The van der Waals surface area contributed by atoms with Crippen LogP contribution in [0.2, 0.25) is 0 Å². The molecule has 15 heavy (non-hydrogen) atoms. The van der Waals surface area contributed by atoms with Crippen LogP contribution in [0.25, 0.3) is 12.2 Å². The fourth-order valence-corrected chi connectivity index (χ4v) is 1.30. The molecular formula is C12H16N2O. The van der Waals surface area contributed by atoms with Crippen molar-refractivity contribution in [1.82, 2.24) is 10.3 Å². The number of carbonyl (C=O) groups is 1. The standard InChI is InChI=1S/C12H16N2O/c1-5-10(12(15)14-8(2)3)11-9(4)6-7-13-11/h5-8,13H,1,4H2,2-3H3,(H,14,15)/b11-10-. The van der Waals surface area contributed by atoms with Crippen LogP contribution in [-0.4, -0.2) is 16.9 Å². The molecule has 0 fully saturated rings. The number of rotatable bonds is 3. The average Bonchev–Trinajstić information content (AvgIpc) is 2.52. The van der Waals surface area contributed by atoms with E-state index in [-0.39, 0.29) is 11.9 Å². The minimum atomic E-state index is -0.132. The maximum Gasteiger partial charge on any atom is 0.253 e. The topological polar surface area (TPSA) is 44.9 Å². The first-order valence-corrected chi connectivity index (χ1v) is 4.86. The lowest BCUT2D eigenvalue weighted by atomic mass is 10.2. The molecule has 80 valence electrons. The molecule has 0 atom stereocenters. The van der Waals surface area contributed by atoms with E-state index in [2.05, 4.69) is 23.5 Å². The van der Waals surface area contributed by atoms with Crippen LogP contribution >= 0.6 is 0 Å². The summed E-state index contributed by atoms with van der Waals surface area (Å²) in [7, 11) is 0. The molecule has 0 radical (unpaired) electrons. The summed E-state index contributed by atoms with van der Waals surface area (Å²) in [6.45, 7) is 11.3. The van der Waals surface area contributed by atoms with Crippen LogP contribution < -0.4 is 15.9 Å². The van der Waals surface area contributed by atoms with Crippen LogP contribution in [0.3, 0.4) is 0 Å². The zero-order valence-corrected chi connectivity index (χ0v) is 9.13. The van der Waals surface area contributed by atoms with Gasteiger partial charge >= 0.3 is 0 Å². The van der Waals surface area contributed by atoms with Gasteiger partial charge in [-0.1, -0.05) is 19.2 Å². The van der Waals surface area contributed by atoms with Crippen molar-refractivity contribution in [3.05, 3.63) is 35.5 Å². The zero-order valence-electron chi connectivity index (χ0n) is 9.13. The predicted molar refractivity (Wildman–Crippen MR) is 62.4 cm³/mol. The number of aromatic amines is 1. The lowest BCUT2D eigenvalue weighted by Gasteiger charge is -2.08. The molecule has 0 aliphatic carbocycles. The third kappa shape index (κ3) is 2.59. The van der Waals surface area contributed by atoms with Gasteiger partial charge in [-0.25, -0.2) is 0 Å². The summed E-state index contributed by atoms with van der Waals surface area (Å²) < 4.78 is 0. The van der Waals surface area contributed by atoms with Gasteiger partial charge in [0.25, 0.3) is 5.91 Å². The van der Waals surface area contributed by atoms with Gasteiger partial charge in [-0.05, 0) is 25.1 Å². The maximum atomic E-state index is 11.8. The van der Waals surface area contributed by atoms with Crippen molar-refractivity contribution >= 4 is 18.1 Å². The molecule has 3 nitrogen and oxygen atoms in total. The van der Waals surface area contributed by atoms with Gasteiger partial charge in [0, 0.05) is 12.2 Å². The summed E-state index contributed by atoms with van der Waals surface area (Å²) in [6, 6.07) is 1.93. The van der Waals surface area contributed by atoms with Gasteiger partial charge in [-0.2, -0.15) is 0 Å². The van der Waals surface area contributed by atoms with Gasteiger partial charge in [0.15, 0.2) is 0 Å². The Bertz CT molecular complexity index is 468. The molecule has 0 aromatic carbocycles. The van der Waals surface area contributed by atoms with Crippen LogP contribution in [0.4, 0.5) is 0 Å². The summed E-state index contributed by atoms with van der Waals surface area (Å²) in [5, 5.41) is 4.33. The summed E-state index contributed by atoms with van der Waals surface area (Å²) in [4.78, 5) is 14.7. The molecule has 0 spiro atoms. The van der Waals surface area contributed by atoms with Crippen LogP contribution in [0.1, 0.15) is 13.8 Å². The highest BCUT2D eigenvalue weighted by atomic mass is 16.1. The van der Waals surface area contributed by atoms with E-state index in [0.29, 0.717) is 5.57 Å². The van der Waals surface area contributed by atoms with Crippen LogP contribution in [-0.2, 0) is 4.79 Å². The number of carbonyl (C=O) groups excluding carboxylic acids is 1. The lowest BCUT2D eigenvalue weighted by Crippen LogP contribution is -2.36. The molecule has 1 aromatic heterocycles. The Hall–Kier alpha value is -1.77. The zero-order chi connectivity index (χ0) is 11.4. The molecule has 0 saturated heterocycles. The molecule has 3 heteroatoms. The van der Waals surface area contributed by atoms with Gasteiger partial charge in [0.1, 0.15) is 0 Å². The SMILES string of the molecule is C=C/C(C(=O)NC(C)C)=c1/[nH]ccc1=C. The van der Waals surface area contributed by atoms with Gasteiger partial charge < -0.3 is 10.3 Å². The number of hydrogen-bond donors (Lipinski definition) is 2. The Kier molecular flexibility index (Phi) is 3.50. The molecule has 0 bridgehead atoms. The van der Waals surface area contributed by atoms with Crippen molar-refractivity contribution in [3.8, 4) is 0 Å². The second-order valence-corrected chi connectivity index (χ2v) is 3.62. The molecule has 0 saturated carbocycles. The van der Waals surface area contributed by atoms with Crippen molar-refractivity contribution in [3.63, 3.8) is 0 Å². The smallest absolute Gasteiger partial charge is 0.253 e. The minimum absolute atomic E-state index is 0.107. The predicted octanol–water partition coefficient (Wildman–Crippen LogP) is 0.286. The highest BCUT2D eigenvalue weighted by Crippen LogP contribution is 1.94. The maximum absolute atomic E-state index is 11.8. The molecule has 2 N–H and O–H groups in total. The van der Waals surface area contributed by atoms with Crippen molar-refractivity contribution in [2.24, 2.45) is 0 Å². The summed E-state index contributed by atoms with van der Waals surface area (Å²) in [5.74, 6) is -0.132. The fourth-order valence-electron chi connectivity index (χ4n) is 1.30. The van der Waals surface area contributed by atoms with E-state index in [0.717, 1.165) is 10.6 Å². The van der Waals surface area contributed by atoms with E-state index < -0.39 is 0 Å². The molecule has 1 heterocycles. The molecule has 1 amide bonds. The molecule has 1 rings (SSSR count). The van der Waals surface area contributed by atoms with Gasteiger partial charge in [-0.15, -0.1) is 0 Å². The highest BCUT2D eigenvalue weighted by molar-refractivity contribution is 6.16. The van der Waals surface area contributed by atoms with Crippen LogP contribution in [0.15, 0.2) is 24.9 Å². The Balaban J connectivity index is 3.21. The Morgan fingerprint density at radius 1 is 1.60 bits per heavy atom. The third-order valence-electron chi connectivity index (χ3n) is 1.97. The molecular weight excluding hydrogens is 188 g/mol. The van der Waals surface area contributed by atoms with E-state index >= 15 is 0 Å². The Labute approximate surface area is 89.2 Å². The average molecular weight is 204 g/mol. The van der Waals surface area contributed by atoms with Crippen LogP contribution in [0, 0.1) is 0 Å². The van der Waals surface area contributed by atoms with E-state index in [4.69, 9.17) is 0 Å². The van der Waals surface area contributed by atoms with E-state index in [9.17, 15) is 4.79 Å². The van der Waals surface area contributed by atoms with Crippen LogP contribution in [0.5, 0.6) is 0 Å². The van der Waals surface area contributed by atoms with Crippen molar-refractivity contribution in [2.75, 3.05) is 0 Å². The van der Waals surface area contributed by atoms with Gasteiger partial charge in [0.05, 0.1) is 10.9 Å². The molecule has 0 aliphatic heterocycles. The second-order valence-electron chi connectivity index (χ2n) is 3.62. The fraction of sp³-hybridized carbons (Fsp3) is 0.250. The second kappa shape index (κ2) is 4.64. The quantitative estimate of drug-likeness (QED) is 0.730. The summed E-state index contributed by atoms with van der Waals surface area (Å²) in [6.07, 6.45) is 3.29. The monoisotopic (exact) mass is 204 g/mol. The Morgan fingerprint density at radius 3 is 2.67 bits per heavy atom. The van der Waals surface area contributed by atoms with E-state index in [1.807, 2.05) is 19.9 Å².